The fourth-order valence-electron chi connectivity index (χ4n) is 3.02. The van der Waals surface area contributed by atoms with Gasteiger partial charge in [0, 0.05) is 10.0 Å². The number of aromatic nitrogens is 2. The molecule has 7 nitrogen and oxygen atoms in total. The van der Waals surface area contributed by atoms with E-state index in [1.165, 1.54) is 4.57 Å². The van der Waals surface area contributed by atoms with Crippen molar-refractivity contribution in [3.8, 4) is 5.69 Å². The molecule has 0 saturated heterocycles. The molecule has 166 valence electrons. The standard InChI is InChI=1S/C23H16BrClN4O3S/c24-15-11-9-14(10-12-15)21(31)28-27-20(30)13-33-23-26-18-7-3-1-5-16(18)22(32)29(23)19-8-4-2-6-17(19)25/h1-12H,13H2,(H,27,30)(H,28,31). The first-order valence-electron chi connectivity index (χ1n) is 9.68. The Bertz CT molecular complexity index is 1410. The molecular formula is C23H16BrClN4O3S. The highest BCUT2D eigenvalue weighted by Crippen LogP contribution is 2.25. The molecule has 0 saturated carbocycles. The van der Waals surface area contributed by atoms with Gasteiger partial charge in [-0.15, -0.1) is 0 Å². The number of halogens is 2. The molecule has 3 aromatic carbocycles. The summed E-state index contributed by atoms with van der Waals surface area (Å²) in [5.74, 6) is -0.994. The summed E-state index contributed by atoms with van der Waals surface area (Å²) in [7, 11) is 0. The minimum atomic E-state index is -0.460. The number of hydrogen-bond acceptors (Lipinski definition) is 5. The number of carbonyl (C=O) groups is 2. The Labute approximate surface area is 206 Å². The molecule has 0 aliphatic rings. The highest BCUT2D eigenvalue weighted by molar-refractivity contribution is 9.10. The lowest BCUT2D eigenvalue weighted by Gasteiger charge is -2.14. The molecule has 4 aromatic rings. The highest BCUT2D eigenvalue weighted by atomic mass is 79.9. The van der Waals surface area contributed by atoms with E-state index in [-0.39, 0.29) is 11.3 Å². The molecule has 0 fully saturated rings. The van der Waals surface area contributed by atoms with Crippen LogP contribution in [0.1, 0.15) is 10.4 Å². The fourth-order valence-corrected chi connectivity index (χ4v) is 4.31. The molecular weight excluding hydrogens is 528 g/mol. The molecule has 0 aliphatic heterocycles. The first-order chi connectivity index (χ1) is 15.9. The van der Waals surface area contributed by atoms with Crippen LogP contribution in [0.25, 0.3) is 16.6 Å². The van der Waals surface area contributed by atoms with E-state index in [1.807, 2.05) is 0 Å². The summed E-state index contributed by atoms with van der Waals surface area (Å²) in [5.41, 5.74) is 5.83. The molecule has 0 spiro atoms. The number of thioether (sulfide) groups is 1. The van der Waals surface area contributed by atoms with Crippen LogP contribution in [0.3, 0.4) is 0 Å². The van der Waals surface area contributed by atoms with Gasteiger partial charge in [-0.3, -0.25) is 29.8 Å². The van der Waals surface area contributed by atoms with Crippen LogP contribution in [0.15, 0.2) is 87.2 Å². The predicted octanol–water partition coefficient (Wildman–Crippen LogP) is 4.35. The maximum atomic E-state index is 13.2. The molecule has 0 aliphatic carbocycles. The van der Waals surface area contributed by atoms with E-state index in [9.17, 15) is 14.4 Å². The third kappa shape index (κ3) is 5.27. The van der Waals surface area contributed by atoms with Crippen LogP contribution in [0.5, 0.6) is 0 Å². The molecule has 0 bridgehead atoms. The van der Waals surface area contributed by atoms with Gasteiger partial charge in [0.05, 0.1) is 27.4 Å². The first-order valence-corrected chi connectivity index (χ1v) is 11.8. The summed E-state index contributed by atoms with van der Waals surface area (Å²) in [5, 5.41) is 1.12. The van der Waals surface area contributed by atoms with Crippen molar-refractivity contribution >= 4 is 62.0 Å². The SMILES string of the molecule is O=C(CSc1nc2ccccc2c(=O)n1-c1ccccc1Cl)NNC(=O)c1ccc(Br)cc1. The van der Waals surface area contributed by atoms with Gasteiger partial charge in [-0.05, 0) is 48.5 Å². The van der Waals surface area contributed by atoms with Gasteiger partial charge in [-0.25, -0.2) is 4.98 Å². The molecule has 2 N–H and O–H groups in total. The summed E-state index contributed by atoms with van der Waals surface area (Å²) < 4.78 is 2.23. The van der Waals surface area contributed by atoms with E-state index >= 15 is 0 Å². The van der Waals surface area contributed by atoms with Crippen LogP contribution in [0.2, 0.25) is 5.02 Å². The van der Waals surface area contributed by atoms with Crippen molar-refractivity contribution < 1.29 is 9.59 Å². The molecule has 1 heterocycles. The number of benzene rings is 3. The maximum Gasteiger partial charge on any atom is 0.269 e. The summed E-state index contributed by atoms with van der Waals surface area (Å²) in [4.78, 5) is 42.4. The molecule has 1 aromatic heterocycles. The number of amides is 2. The highest BCUT2D eigenvalue weighted by Gasteiger charge is 2.17. The summed E-state index contributed by atoms with van der Waals surface area (Å²) in [6, 6.07) is 20.6. The third-order valence-electron chi connectivity index (χ3n) is 4.59. The largest absolute Gasteiger partial charge is 0.272 e. The number of carbonyl (C=O) groups excluding carboxylic acids is 2. The van der Waals surface area contributed by atoms with Gasteiger partial charge < -0.3 is 0 Å². The summed E-state index contributed by atoms with van der Waals surface area (Å²) in [6.07, 6.45) is 0. The Morgan fingerprint density at radius 1 is 0.970 bits per heavy atom. The zero-order valence-corrected chi connectivity index (χ0v) is 20.1. The number of rotatable bonds is 5. The van der Waals surface area contributed by atoms with Crippen molar-refractivity contribution in [3.05, 3.63) is 98.2 Å². The predicted molar refractivity (Wildman–Crippen MR) is 133 cm³/mol. The van der Waals surface area contributed by atoms with E-state index < -0.39 is 11.8 Å². The van der Waals surface area contributed by atoms with Gasteiger partial charge >= 0.3 is 0 Å². The quantitative estimate of drug-likeness (QED) is 0.222. The van der Waals surface area contributed by atoms with E-state index in [2.05, 4.69) is 31.8 Å². The molecule has 0 atom stereocenters. The van der Waals surface area contributed by atoms with E-state index in [0.717, 1.165) is 16.2 Å². The lowest BCUT2D eigenvalue weighted by Crippen LogP contribution is -2.42. The Kier molecular flexibility index (Phi) is 7.12. The average molecular weight is 544 g/mol. The number of hydrazine groups is 1. The second-order valence-electron chi connectivity index (χ2n) is 6.80. The van der Waals surface area contributed by atoms with E-state index in [0.29, 0.717) is 32.3 Å². The molecule has 0 unspecified atom stereocenters. The lowest BCUT2D eigenvalue weighted by molar-refractivity contribution is -0.119. The first kappa shape index (κ1) is 23.0. The molecule has 2 amide bonds. The van der Waals surface area contributed by atoms with Crippen LogP contribution in [-0.4, -0.2) is 27.1 Å². The number of hydrogen-bond donors (Lipinski definition) is 2. The normalized spacial score (nSPS) is 10.7. The van der Waals surface area contributed by atoms with Gasteiger partial charge in [-0.1, -0.05) is 63.6 Å². The van der Waals surface area contributed by atoms with Crippen molar-refractivity contribution in [2.45, 2.75) is 5.16 Å². The summed E-state index contributed by atoms with van der Waals surface area (Å²) >= 11 is 10.7. The van der Waals surface area contributed by atoms with Crippen molar-refractivity contribution in [1.82, 2.24) is 20.4 Å². The topological polar surface area (TPSA) is 93.1 Å². The van der Waals surface area contributed by atoms with Crippen LogP contribution >= 0.6 is 39.3 Å². The fraction of sp³-hybridized carbons (Fsp3) is 0.0435. The Balaban J connectivity index is 1.54. The van der Waals surface area contributed by atoms with Crippen LogP contribution in [0, 0.1) is 0 Å². The number of fused-ring (bicyclic) bond motifs is 1. The second kappa shape index (κ2) is 10.2. The number of nitrogens with zero attached hydrogens (tertiary/aromatic N) is 2. The van der Waals surface area contributed by atoms with Crippen molar-refractivity contribution in [1.29, 1.82) is 0 Å². The van der Waals surface area contributed by atoms with Gasteiger partial charge in [0.2, 0.25) is 5.91 Å². The Hall–Kier alpha value is -3.14. The maximum absolute atomic E-state index is 13.2. The average Bonchev–Trinajstić information content (AvgIpc) is 2.82. The van der Waals surface area contributed by atoms with Gasteiger partial charge in [0.15, 0.2) is 5.16 Å². The Morgan fingerprint density at radius 2 is 1.67 bits per heavy atom. The van der Waals surface area contributed by atoms with Crippen LogP contribution < -0.4 is 16.4 Å². The zero-order valence-electron chi connectivity index (χ0n) is 16.9. The van der Waals surface area contributed by atoms with Crippen molar-refractivity contribution in [2.75, 3.05) is 5.75 Å². The van der Waals surface area contributed by atoms with Gasteiger partial charge in [0.25, 0.3) is 11.5 Å². The van der Waals surface area contributed by atoms with Crippen LogP contribution in [-0.2, 0) is 4.79 Å². The smallest absolute Gasteiger partial charge is 0.269 e. The molecule has 4 rings (SSSR count). The third-order valence-corrected chi connectivity index (χ3v) is 6.38. The number of nitrogens with one attached hydrogen (secondary N) is 2. The lowest BCUT2D eigenvalue weighted by atomic mass is 10.2. The summed E-state index contributed by atoms with van der Waals surface area (Å²) in [6.45, 7) is 0. The minimum absolute atomic E-state index is 0.0874. The van der Waals surface area contributed by atoms with Gasteiger partial charge in [-0.2, -0.15) is 0 Å². The second-order valence-corrected chi connectivity index (χ2v) is 9.07. The van der Waals surface area contributed by atoms with E-state index in [1.54, 1.807) is 72.8 Å². The minimum Gasteiger partial charge on any atom is -0.272 e. The van der Waals surface area contributed by atoms with Gasteiger partial charge in [0.1, 0.15) is 0 Å². The number of para-hydroxylation sites is 2. The molecule has 0 radical (unpaired) electrons. The van der Waals surface area contributed by atoms with E-state index in [4.69, 9.17) is 11.6 Å². The van der Waals surface area contributed by atoms with Crippen LogP contribution in [0.4, 0.5) is 0 Å². The molecule has 10 heteroatoms. The van der Waals surface area contributed by atoms with Crippen molar-refractivity contribution in [3.63, 3.8) is 0 Å². The van der Waals surface area contributed by atoms with Crippen molar-refractivity contribution in [2.24, 2.45) is 0 Å². The zero-order chi connectivity index (χ0) is 23.4. The monoisotopic (exact) mass is 542 g/mol. The Morgan fingerprint density at radius 3 is 2.42 bits per heavy atom. The molecule has 33 heavy (non-hydrogen) atoms.